The number of ether oxygens (including phenoxy) is 1. The summed E-state index contributed by atoms with van der Waals surface area (Å²) in [5.74, 6) is -0.180. The summed E-state index contributed by atoms with van der Waals surface area (Å²) in [4.78, 5) is 14.5. The molecular weight excluding hydrogens is 252 g/mol. The summed E-state index contributed by atoms with van der Waals surface area (Å²) >= 11 is 0. The van der Waals surface area contributed by atoms with Crippen molar-refractivity contribution in [1.82, 2.24) is 10.2 Å². The molecule has 1 aromatic carbocycles. The molecular formula is C16H24N2O2. The number of esters is 1. The van der Waals surface area contributed by atoms with Gasteiger partial charge in [-0.05, 0) is 45.0 Å². The minimum absolute atomic E-state index is 0.180. The minimum Gasteiger partial charge on any atom is -0.467 e. The van der Waals surface area contributed by atoms with Crippen molar-refractivity contribution in [2.75, 3.05) is 34.3 Å². The Morgan fingerprint density at radius 1 is 1.45 bits per heavy atom. The highest BCUT2D eigenvalue weighted by Gasteiger charge is 2.45. The van der Waals surface area contributed by atoms with Crippen molar-refractivity contribution in [3.8, 4) is 0 Å². The van der Waals surface area contributed by atoms with Gasteiger partial charge in [0.15, 0.2) is 0 Å². The number of fused-ring (bicyclic) bond motifs is 1. The molecule has 0 bridgehead atoms. The van der Waals surface area contributed by atoms with Gasteiger partial charge in [0.05, 0.1) is 7.11 Å². The van der Waals surface area contributed by atoms with Gasteiger partial charge in [-0.15, -0.1) is 0 Å². The molecule has 4 nitrogen and oxygen atoms in total. The maximum atomic E-state index is 12.4. The lowest BCUT2D eigenvalue weighted by molar-refractivity contribution is -0.149. The lowest BCUT2D eigenvalue weighted by atomic mass is 9.90. The van der Waals surface area contributed by atoms with Crippen molar-refractivity contribution in [3.63, 3.8) is 0 Å². The van der Waals surface area contributed by atoms with E-state index in [4.69, 9.17) is 4.74 Å². The molecule has 20 heavy (non-hydrogen) atoms. The Morgan fingerprint density at radius 3 is 2.85 bits per heavy atom. The molecule has 1 aliphatic carbocycles. The van der Waals surface area contributed by atoms with Crippen LogP contribution in [-0.2, 0) is 21.5 Å². The first-order valence-electron chi connectivity index (χ1n) is 7.08. The van der Waals surface area contributed by atoms with Gasteiger partial charge in [0.2, 0.25) is 0 Å². The Hall–Kier alpha value is -1.39. The second-order valence-corrected chi connectivity index (χ2v) is 5.79. The number of aryl methyl sites for hydroxylation is 2. The quantitative estimate of drug-likeness (QED) is 0.827. The van der Waals surface area contributed by atoms with Gasteiger partial charge >= 0.3 is 5.97 Å². The second-order valence-electron chi connectivity index (χ2n) is 5.79. The maximum Gasteiger partial charge on any atom is 0.330 e. The number of methoxy groups -OCH3 is 1. The molecule has 0 aliphatic heterocycles. The van der Waals surface area contributed by atoms with Crippen LogP contribution in [0.5, 0.6) is 0 Å². The molecule has 0 saturated carbocycles. The van der Waals surface area contributed by atoms with E-state index < -0.39 is 5.54 Å². The smallest absolute Gasteiger partial charge is 0.330 e. The molecule has 0 radical (unpaired) electrons. The highest BCUT2D eigenvalue weighted by molar-refractivity contribution is 5.84. The third kappa shape index (κ3) is 2.72. The molecule has 4 heteroatoms. The van der Waals surface area contributed by atoms with Crippen molar-refractivity contribution < 1.29 is 9.53 Å². The normalized spacial score (nSPS) is 21.1. The van der Waals surface area contributed by atoms with Gasteiger partial charge in [0.1, 0.15) is 5.54 Å². The first kappa shape index (κ1) is 15.0. The number of rotatable bonds is 5. The van der Waals surface area contributed by atoms with Crippen molar-refractivity contribution in [3.05, 3.63) is 34.9 Å². The van der Waals surface area contributed by atoms with Gasteiger partial charge in [-0.2, -0.15) is 0 Å². The Labute approximate surface area is 121 Å². The number of nitrogens with one attached hydrogen (secondary N) is 1. The fraction of sp³-hybridized carbons (Fsp3) is 0.562. The van der Waals surface area contributed by atoms with E-state index in [0.29, 0.717) is 0 Å². The number of carbonyl (C=O) groups excluding carboxylic acids is 1. The van der Waals surface area contributed by atoms with Crippen molar-refractivity contribution in [2.24, 2.45) is 0 Å². The maximum absolute atomic E-state index is 12.4. The van der Waals surface area contributed by atoms with Crippen LogP contribution in [0.1, 0.15) is 23.1 Å². The van der Waals surface area contributed by atoms with E-state index in [-0.39, 0.29) is 5.97 Å². The number of likely N-dealkylation sites (N-methyl/N-ethyl adjacent to an activating group) is 1. The average molecular weight is 276 g/mol. The van der Waals surface area contributed by atoms with Crippen LogP contribution in [-0.4, -0.2) is 45.2 Å². The first-order chi connectivity index (χ1) is 9.49. The summed E-state index contributed by atoms with van der Waals surface area (Å²) in [5, 5.41) is 3.44. The fourth-order valence-corrected chi connectivity index (χ4v) is 2.90. The topological polar surface area (TPSA) is 41.6 Å². The van der Waals surface area contributed by atoms with E-state index in [2.05, 4.69) is 35.3 Å². The van der Waals surface area contributed by atoms with E-state index in [0.717, 1.165) is 31.5 Å². The summed E-state index contributed by atoms with van der Waals surface area (Å²) in [6, 6.07) is 6.34. The van der Waals surface area contributed by atoms with Crippen molar-refractivity contribution >= 4 is 5.97 Å². The third-order valence-corrected chi connectivity index (χ3v) is 4.01. The summed E-state index contributed by atoms with van der Waals surface area (Å²) < 4.78 is 5.08. The summed E-state index contributed by atoms with van der Waals surface area (Å²) in [5.41, 5.74) is 2.83. The lowest BCUT2D eigenvalue weighted by Gasteiger charge is -2.29. The molecule has 0 spiro atoms. The summed E-state index contributed by atoms with van der Waals surface area (Å²) in [6.07, 6.45) is 1.69. The molecule has 1 aliphatic rings. The van der Waals surface area contributed by atoms with Crippen molar-refractivity contribution in [1.29, 1.82) is 0 Å². The van der Waals surface area contributed by atoms with Crippen LogP contribution in [0.25, 0.3) is 0 Å². The molecule has 1 N–H and O–H groups in total. The van der Waals surface area contributed by atoms with Gasteiger partial charge in [0, 0.05) is 13.1 Å². The molecule has 1 aromatic rings. The number of hydrogen-bond donors (Lipinski definition) is 1. The molecule has 1 atom stereocenters. The second kappa shape index (κ2) is 5.94. The summed E-state index contributed by atoms with van der Waals surface area (Å²) in [6.45, 7) is 3.70. The van der Waals surface area contributed by atoms with Crippen LogP contribution in [0.3, 0.4) is 0 Å². The molecule has 1 unspecified atom stereocenters. The SMILES string of the molecule is COC(=O)C1(NCCN(C)C)CCc2ccc(C)cc21. The molecule has 0 fully saturated rings. The number of hydrogen-bond acceptors (Lipinski definition) is 4. The Kier molecular flexibility index (Phi) is 4.45. The zero-order valence-electron chi connectivity index (χ0n) is 12.8. The number of benzene rings is 1. The largest absolute Gasteiger partial charge is 0.467 e. The molecule has 0 saturated heterocycles. The third-order valence-electron chi connectivity index (χ3n) is 4.01. The predicted molar refractivity (Wildman–Crippen MR) is 79.8 cm³/mol. The van der Waals surface area contributed by atoms with E-state index in [1.165, 1.54) is 18.2 Å². The number of nitrogens with zero attached hydrogens (tertiary/aromatic N) is 1. The standard InChI is InChI=1S/C16H24N2O2/c1-12-5-6-13-7-8-16(14(13)11-12,15(19)20-4)17-9-10-18(2)3/h5-6,11,17H,7-10H2,1-4H3. The van der Waals surface area contributed by atoms with Crippen LogP contribution >= 0.6 is 0 Å². The number of carbonyl (C=O) groups is 1. The Bertz CT molecular complexity index is 499. The van der Waals surface area contributed by atoms with Crippen LogP contribution in [0.4, 0.5) is 0 Å². The Balaban J connectivity index is 2.31. The van der Waals surface area contributed by atoms with Crippen LogP contribution in [0.15, 0.2) is 18.2 Å². The zero-order chi connectivity index (χ0) is 14.8. The minimum atomic E-state index is -0.674. The molecule has 110 valence electrons. The van der Waals surface area contributed by atoms with E-state index in [1.807, 2.05) is 14.1 Å². The van der Waals surface area contributed by atoms with Gasteiger partial charge in [0.25, 0.3) is 0 Å². The predicted octanol–water partition coefficient (Wildman–Crippen LogP) is 1.46. The van der Waals surface area contributed by atoms with Crippen LogP contribution in [0.2, 0.25) is 0 Å². The van der Waals surface area contributed by atoms with E-state index in [1.54, 1.807) is 0 Å². The molecule has 0 heterocycles. The zero-order valence-corrected chi connectivity index (χ0v) is 12.8. The Morgan fingerprint density at radius 2 is 2.20 bits per heavy atom. The highest BCUT2D eigenvalue weighted by Crippen LogP contribution is 2.38. The van der Waals surface area contributed by atoms with Gasteiger partial charge in [-0.25, -0.2) is 4.79 Å². The molecule has 0 aromatic heterocycles. The van der Waals surface area contributed by atoms with Gasteiger partial charge in [-0.1, -0.05) is 23.8 Å². The van der Waals surface area contributed by atoms with Crippen molar-refractivity contribution in [2.45, 2.75) is 25.3 Å². The average Bonchev–Trinajstić information content (AvgIpc) is 2.77. The van der Waals surface area contributed by atoms with E-state index >= 15 is 0 Å². The van der Waals surface area contributed by atoms with Crippen LogP contribution in [0, 0.1) is 6.92 Å². The monoisotopic (exact) mass is 276 g/mol. The van der Waals surface area contributed by atoms with E-state index in [9.17, 15) is 4.79 Å². The summed E-state index contributed by atoms with van der Waals surface area (Å²) in [7, 11) is 5.52. The highest BCUT2D eigenvalue weighted by atomic mass is 16.5. The fourth-order valence-electron chi connectivity index (χ4n) is 2.90. The van der Waals surface area contributed by atoms with Crippen LogP contribution < -0.4 is 5.32 Å². The first-order valence-corrected chi connectivity index (χ1v) is 7.08. The van der Waals surface area contributed by atoms with Gasteiger partial charge in [-0.3, -0.25) is 5.32 Å². The lowest BCUT2D eigenvalue weighted by Crippen LogP contribution is -2.50. The van der Waals surface area contributed by atoms with Gasteiger partial charge < -0.3 is 9.64 Å². The molecule has 2 rings (SSSR count). The molecule has 0 amide bonds.